The molecule has 0 bridgehead atoms. The third-order valence-corrected chi connectivity index (χ3v) is 5.35. The second kappa shape index (κ2) is 7.97. The van der Waals surface area contributed by atoms with Gasteiger partial charge in [-0.3, -0.25) is 14.5 Å². The lowest BCUT2D eigenvalue weighted by molar-refractivity contribution is -0.142. The molecule has 2 saturated heterocycles. The Morgan fingerprint density at radius 3 is 2.58 bits per heavy atom. The predicted octanol–water partition coefficient (Wildman–Crippen LogP) is 2.10. The first-order chi connectivity index (χ1) is 11.4. The minimum atomic E-state index is -0.364. The first kappa shape index (κ1) is 18.7. The minimum absolute atomic E-state index is 0.0273. The standard InChI is InChI=1S/C19H31N3O2/c1-5-8-19(9-6-2)10-7-12-22(19)17(23)14-16-18(24)20-11-13-21(16)15(3)4/h5-6,15-16H,1-2,7-14H2,3-4H3,(H,20,24). The van der Waals surface area contributed by atoms with E-state index in [4.69, 9.17) is 0 Å². The molecule has 24 heavy (non-hydrogen) atoms. The van der Waals surface area contributed by atoms with Crippen LogP contribution in [-0.4, -0.2) is 58.9 Å². The maximum Gasteiger partial charge on any atom is 0.237 e. The highest BCUT2D eigenvalue weighted by atomic mass is 16.2. The summed E-state index contributed by atoms with van der Waals surface area (Å²) in [7, 11) is 0. The highest BCUT2D eigenvalue weighted by molar-refractivity contribution is 5.89. The summed E-state index contributed by atoms with van der Waals surface area (Å²) in [6.45, 7) is 14.1. The number of carbonyl (C=O) groups excluding carboxylic acids is 2. The monoisotopic (exact) mass is 333 g/mol. The van der Waals surface area contributed by atoms with E-state index in [9.17, 15) is 9.59 Å². The molecule has 0 aromatic heterocycles. The molecule has 2 rings (SSSR count). The number of hydrogen-bond acceptors (Lipinski definition) is 3. The number of carbonyl (C=O) groups is 2. The smallest absolute Gasteiger partial charge is 0.237 e. The molecule has 0 spiro atoms. The van der Waals surface area contributed by atoms with E-state index in [1.54, 1.807) is 0 Å². The zero-order valence-electron chi connectivity index (χ0n) is 15.1. The fraction of sp³-hybridized carbons (Fsp3) is 0.684. The Kier molecular flexibility index (Phi) is 6.21. The van der Waals surface area contributed by atoms with Crippen LogP contribution in [0.25, 0.3) is 0 Å². The summed E-state index contributed by atoms with van der Waals surface area (Å²) in [6.07, 6.45) is 7.55. The van der Waals surface area contributed by atoms with Crippen molar-refractivity contribution in [3.05, 3.63) is 25.3 Å². The molecule has 1 unspecified atom stereocenters. The largest absolute Gasteiger partial charge is 0.353 e. The second-order valence-electron chi connectivity index (χ2n) is 7.20. The molecule has 5 nitrogen and oxygen atoms in total. The summed E-state index contributed by atoms with van der Waals surface area (Å²) >= 11 is 0. The molecule has 0 aliphatic carbocycles. The Labute approximate surface area is 145 Å². The van der Waals surface area contributed by atoms with Gasteiger partial charge in [0.25, 0.3) is 0 Å². The summed E-state index contributed by atoms with van der Waals surface area (Å²) in [4.78, 5) is 29.5. The van der Waals surface area contributed by atoms with Crippen LogP contribution < -0.4 is 5.32 Å². The van der Waals surface area contributed by atoms with Crippen LogP contribution in [0, 0.1) is 0 Å². The number of hydrogen-bond donors (Lipinski definition) is 1. The molecule has 2 aliphatic rings. The third-order valence-electron chi connectivity index (χ3n) is 5.35. The van der Waals surface area contributed by atoms with Crippen LogP contribution >= 0.6 is 0 Å². The average molecular weight is 333 g/mol. The zero-order valence-corrected chi connectivity index (χ0v) is 15.1. The maximum absolute atomic E-state index is 13.0. The van der Waals surface area contributed by atoms with E-state index in [2.05, 4.69) is 37.2 Å². The molecule has 2 heterocycles. The van der Waals surface area contributed by atoms with Crippen LogP contribution in [-0.2, 0) is 9.59 Å². The van der Waals surface area contributed by atoms with Crippen LogP contribution in [0.3, 0.4) is 0 Å². The SMILES string of the molecule is C=CCC1(CC=C)CCCN1C(=O)CC1C(=O)NCCN1C(C)C. The van der Waals surface area contributed by atoms with Crippen molar-refractivity contribution in [1.82, 2.24) is 15.1 Å². The van der Waals surface area contributed by atoms with Crippen molar-refractivity contribution in [3.63, 3.8) is 0 Å². The van der Waals surface area contributed by atoms with Crippen LogP contribution in [0.1, 0.15) is 46.0 Å². The van der Waals surface area contributed by atoms with Gasteiger partial charge in [-0.1, -0.05) is 12.2 Å². The Morgan fingerprint density at radius 1 is 1.33 bits per heavy atom. The lowest BCUT2D eigenvalue weighted by Gasteiger charge is -2.41. The summed E-state index contributed by atoms with van der Waals surface area (Å²) in [5.74, 6) is 0.0458. The predicted molar refractivity (Wildman–Crippen MR) is 96.6 cm³/mol. The number of nitrogens with one attached hydrogen (secondary N) is 1. The van der Waals surface area contributed by atoms with E-state index in [0.717, 1.165) is 38.8 Å². The lowest BCUT2D eigenvalue weighted by atomic mass is 9.87. The van der Waals surface area contributed by atoms with E-state index < -0.39 is 0 Å². The zero-order chi connectivity index (χ0) is 17.7. The highest BCUT2D eigenvalue weighted by Crippen LogP contribution is 2.37. The summed E-state index contributed by atoms with van der Waals surface area (Å²) in [5.41, 5.74) is -0.200. The van der Waals surface area contributed by atoms with Gasteiger partial charge in [0.05, 0.1) is 12.5 Å². The van der Waals surface area contributed by atoms with E-state index in [0.29, 0.717) is 6.54 Å². The number of nitrogens with zero attached hydrogens (tertiary/aromatic N) is 2. The second-order valence-corrected chi connectivity index (χ2v) is 7.20. The van der Waals surface area contributed by atoms with E-state index >= 15 is 0 Å². The molecule has 0 saturated carbocycles. The van der Waals surface area contributed by atoms with Crippen LogP contribution in [0.5, 0.6) is 0 Å². The molecule has 1 N–H and O–H groups in total. The molecular formula is C19H31N3O2. The Bertz CT molecular complexity index is 491. The van der Waals surface area contributed by atoms with Crippen molar-refractivity contribution in [2.75, 3.05) is 19.6 Å². The van der Waals surface area contributed by atoms with Gasteiger partial charge in [-0.15, -0.1) is 13.2 Å². The highest BCUT2D eigenvalue weighted by Gasteiger charge is 2.43. The number of amides is 2. The lowest BCUT2D eigenvalue weighted by Crippen LogP contribution is -2.59. The van der Waals surface area contributed by atoms with Gasteiger partial charge in [-0.25, -0.2) is 0 Å². The molecular weight excluding hydrogens is 302 g/mol. The van der Waals surface area contributed by atoms with Gasteiger partial charge in [0.15, 0.2) is 0 Å². The van der Waals surface area contributed by atoms with Crippen LogP contribution in [0.2, 0.25) is 0 Å². The molecule has 0 aromatic carbocycles. The van der Waals surface area contributed by atoms with Crippen molar-refractivity contribution >= 4 is 11.8 Å². The normalized spacial score (nSPS) is 24.0. The number of likely N-dealkylation sites (tertiary alicyclic amines) is 1. The molecule has 2 amide bonds. The topological polar surface area (TPSA) is 52.7 Å². The van der Waals surface area contributed by atoms with Crippen molar-refractivity contribution in [2.45, 2.75) is 63.6 Å². The quantitative estimate of drug-likeness (QED) is 0.726. The number of rotatable bonds is 7. The molecule has 1 atom stereocenters. The Balaban J connectivity index is 2.15. The van der Waals surface area contributed by atoms with Crippen molar-refractivity contribution in [1.29, 1.82) is 0 Å². The molecule has 2 aliphatic heterocycles. The van der Waals surface area contributed by atoms with E-state index in [1.165, 1.54) is 0 Å². The maximum atomic E-state index is 13.0. The van der Waals surface area contributed by atoms with Gasteiger partial charge in [0, 0.05) is 31.2 Å². The summed E-state index contributed by atoms with van der Waals surface area (Å²) in [6, 6.07) is -0.115. The van der Waals surface area contributed by atoms with Gasteiger partial charge in [0.1, 0.15) is 0 Å². The summed E-state index contributed by atoms with van der Waals surface area (Å²) in [5, 5.41) is 2.90. The van der Waals surface area contributed by atoms with Gasteiger partial charge in [-0.05, 0) is 39.5 Å². The third kappa shape index (κ3) is 3.72. The fourth-order valence-electron chi connectivity index (χ4n) is 4.21. The van der Waals surface area contributed by atoms with Crippen LogP contribution in [0.4, 0.5) is 0 Å². The summed E-state index contributed by atoms with van der Waals surface area (Å²) < 4.78 is 0. The van der Waals surface area contributed by atoms with Crippen molar-refractivity contribution in [3.8, 4) is 0 Å². The Hall–Kier alpha value is -1.62. The van der Waals surface area contributed by atoms with Crippen molar-refractivity contribution in [2.24, 2.45) is 0 Å². The van der Waals surface area contributed by atoms with Gasteiger partial charge < -0.3 is 10.2 Å². The first-order valence-corrected chi connectivity index (χ1v) is 9.01. The van der Waals surface area contributed by atoms with Gasteiger partial charge in [-0.2, -0.15) is 0 Å². The first-order valence-electron chi connectivity index (χ1n) is 9.01. The fourth-order valence-corrected chi connectivity index (χ4v) is 4.21. The minimum Gasteiger partial charge on any atom is -0.353 e. The Morgan fingerprint density at radius 2 is 2.00 bits per heavy atom. The van der Waals surface area contributed by atoms with Gasteiger partial charge in [0.2, 0.25) is 11.8 Å². The molecule has 0 aromatic rings. The van der Waals surface area contributed by atoms with Crippen molar-refractivity contribution < 1.29 is 9.59 Å². The number of piperazine rings is 1. The van der Waals surface area contributed by atoms with Crippen LogP contribution in [0.15, 0.2) is 25.3 Å². The van der Waals surface area contributed by atoms with E-state index in [1.807, 2.05) is 17.1 Å². The average Bonchev–Trinajstić information content (AvgIpc) is 2.93. The van der Waals surface area contributed by atoms with Gasteiger partial charge >= 0.3 is 0 Å². The molecule has 0 radical (unpaired) electrons. The molecule has 5 heteroatoms. The molecule has 2 fully saturated rings. The van der Waals surface area contributed by atoms with E-state index in [-0.39, 0.29) is 35.9 Å². The molecule has 134 valence electrons.